The maximum absolute atomic E-state index is 10.8. The average molecular weight is 185 g/mol. The van der Waals surface area contributed by atoms with Gasteiger partial charge >= 0.3 is 0 Å². The van der Waals surface area contributed by atoms with Crippen LogP contribution in [0.2, 0.25) is 0 Å². The minimum atomic E-state index is 0.712. The van der Waals surface area contributed by atoms with Crippen LogP contribution in [0.25, 0.3) is 16.6 Å². The van der Waals surface area contributed by atoms with Crippen molar-refractivity contribution in [2.75, 3.05) is 0 Å². The number of benzene rings is 1. The van der Waals surface area contributed by atoms with Crippen molar-refractivity contribution in [2.24, 2.45) is 0 Å². The van der Waals surface area contributed by atoms with Crippen LogP contribution in [-0.2, 0) is 0 Å². The number of nitrogens with zero attached hydrogens (tertiary/aromatic N) is 1. The molecule has 0 saturated heterocycles. The van der Waals surface area contributed by atoms with Crippen molar-refractivity contribution in [3.8, 4) is 0 Å². The first kappa shape index (κ1) is 8.75. The van der Waals surface area contributed by atoms with Gasteiger partial charge in [-0.05, 0) is 13.0 Å². The Balaban J connectivity index is 2.86. The van der Waals surface area contributed by atoms with Crippen molar-refractivity contribution in [1.82, 2.24) is 4.57 Å². The molecule has 2 heteroatoms. The molecule has 0 aliphatic heterocycles. The highest BCUT2D eigenvalue weighted by Gasteiger charge is 2.06. The molecule has 0 aliphatic carbocycles. The number of fused-ring (bicyclic) bond motifs is 1. The number of carbonyl (C=O) groups is 1. The molecule has 0 unspecified atom stereocenters. The summed E-state index contributed by atoms with van der Waals surface area (Å²) in [5, 5.41) is 0.977. The summed E-state index contributed by atoms with van der Waals surface area (Å²) < 4.78 is 1.93. The van der Waals surface area contributed by atoms with Crippen LogP contribution in [0, 0.1) is 0 Å². The predicted molar refractivity (Wildman–Crippen MR) is 58.3 cm³/mol. The highest BCUT2D eigenvalue weighted by Crippen LogP contribution is 2.22. The zero-order valence-corrected chi connectivity index (χ0v) is 8.03. The zero-order valence-electron chi connectivity index (χ0n) is 8.03. The lowest BCUT2D eigenvalue weighted by atomic mass is 10.2. The second kappa shape index (κ2) is 3.14. The van der Waals surface area contributed by atoms with Gasteiger partial charge in [0.05, 0.1) is 5.52 Å². The topological polar surface area (TPSA) is 22.0 Å². The normalized spacial score (nSPS) is 10.4. The van der Waals surface area contributed by atoms with Crippen LogP contribution in [0.1, 0.15) is 17.3 Å². The number of rotatable bonds is 2. The molecule has 2 nitrogen and oxygen atoms in total. The summed E-state index contributed by atoms with van der Waals surface area (Å²) in [5.41, 5.74) is 2.65. The predicted octanol–water partition coefficient (Wildman–Crippen LogP) is 2.94. The minimum absolute atomic E-state index is 0.712. The average Bonchev–Trinajstić information content (AvgIpc) is 2.56. The van der Waals surface area contributed by atoms with Crippen molar-refractivity contribution in [3.63, 3.8) is 0 Å². The number of para-hydroxylation sites is 1. The quantitative estimate of drug-likeness (QED) is 0.659. The third-order valence-corrected chi connectivity index (χ3v) is 2.28. The van der Waals surface area contributed by atoms with Crippen molar-refractivity contribution < 1.29 is 4.79 Å². The lowest BCUT2D eigenvalue weighted by Gasteiger charge is -2.01. The van der Waals surface area contributed by atoms with Gasteiger partial charge in [-0.15, -0.1) is 0 Å². The molecule has 70 valence electrons. The van der Waals surface area contributed by atoms with Crippen LogP contribution in [0.5, 0.6) is 0 Å². The zero-order chi connectivity index (χ0) is 10.1. The molecular weight excluding hydrogens is 174 g/mol. The van der Waals surface area contributed by atoms with E-state index in [9.17, 15) is 4.79 Å². The lowest BCUT2D eigenvalue weighted by Crippen LogP contribution is -1.88. The second-order valence-corrected chi connectivity index (χ2v) is 3.32. The minimum Gasteiger partial charge on any atom is -0.320 e. The largest absolute Gasteiger partial charge is 0.320 e. The molecule has 14 heavy (non-hydrogen) atoms. The molecule has 1 aromatic carbocycles. The molecule has 0 saturated carbocycles. The van der Waals surface area contributed by atoms with Crippen LogP contribution >= 0.6 is 0 Å². The van der Waals surface area contributed by atoms with Gasteiger partial charge in [-0.25, -0.2) is 0 Å². The molecular formula is C12H11NO. The van der Waals surface area contributed by atoms with Gasteiger partial charge in [0.1, 0.15) is 0 Å². The lowest BCUT2D eigenvalue weighted by molar-refractivity contribution is 0.112. The van der Waals surface area contributed by atoms with Crippen LogP contribution < -0.4 is 0 Å². The van der Waals surface area contributed by atoms with E-state index in [1.54, 1.807) is 0 Å². The molecule has 0 fully saturated rings. The summed E-state index contributed by atoms with van der Waals surface area (Å²) in [4.78, 5) is 10.8. The summed E-state index contributed by atoms with van der Waals surface area (Å²) in [6.07, 6.45) is 2.70. The Kier molecular flexibility index (Phi) is 1.97. The molecule has 0 amide bonds. The third kappa shape index (κ3) is 1.16. The summed E-state index contributed by atoms with van der Waals surface area (Å²) in [6.45, 7) is 5.79. The van der Waals surface area contributed by atoms with Crippen LogP contribution in [0.15, 0.2) is 37.0 Å². The van der Waals surface area contributed by atoms with E-state index >= 15 is 0 Å². The summed E-state index contributed by atoms with van der Waals surface area (Å²) in [7, 11) is 0. The molecule has 0 aliphatic rings. The fourth-order valence-electron chi connectivity index (χ4n) is 1.62. The first-order valence-electron chi connectivity index (χ1n) is 4.45. The molecule has 1 heterocycles. The van der Waals surface area contributed by atoms with Crippen molar-refractivity contribution in [3.05, 3.63) is 42.6 Å². The van der Waals surface area contributed by atoms with Gasteiger partial charge in [-0.1, -0.05) is 24.8 Å². The first-order chi connectivity index (χ1) is 6.74. The van der Waals surface area contributed by atoms with Crippen LogP contribution in [0.4, 0.5) is 0 Å². The van der Waals surface area contributed by atoms with Gasteiger partial charge in [-0.3, -0.25) is 4.79 Å². The molecule has 1 aromatic heterocycles. The number of hydrogen-bond acceptors (Lipinski definition) is 1. The van der Waals surface area contributed by atoms with E-state index in [0.29, 0.717) is 5.56 Å². The van der Waals surface area contributed by atoms with Crippen molar-refractivity contribution >= 4 is 22.9 Å². The molecule has 0 N–H and O–H groups in total. The Morgan fingerprint density at radius 1 is 1.43 bits per heavy atom. The Bertz CT molecular complexity index is 508. The Labute approximate surface area is 82.5 Å². The van der Waals surface area contributed by atoms with E-state index in [2.05, 4.69) is 6.58 Å². The Morgan fingerprint density at radius 3 is 2.79 bits per heavy atom. The standard InChI is InChI=1S/C12H11NO/c1-9(2)13-7-10(8-14)11-5-3-4-6-12(11)13/h3-8H,1H2,2H3. The van der Waals surface area contributed by atoms with Gasteiger partial charge < -0.3 is 4.57 Å². The van der Waals surface area contributed by atoms with E-state index in [1.807, 2.05) is 42.0 Å². The number of aromatic nitrogens is 1. The van der Waals surface area contributed by atoms with Crippen LogP contribution in [0.3, 0.4) is 0 Å². The van der Waals surface area contributed by atoms with Gasteiger partial charge in [0.2, 0.25) is 0 Å². The van der Waals surface area contributed by atoms with Crippen molar-refractivity contribution in [1.29, 1.82) is 0 Å². The molecule has 0 atom stereocenters. The number of allylic oxidation sites excluding steroid dienone is 1. The van der Waals surface area contributed by atoms with E-state index in [4.69, 9.17) is 0 Å². The molecule has 2 aromatic rings. The Morgan fingerprint density at radius 2 is 2.14 bits per heavy atom. The summed E-state index contributed by atoms with van der Waals surface area (Å²) in [6, 6.07) is 7.81. The maximum atomic E-state index is 10.8. The smallest absolute Gasteiger partial charge is 0.152 e. The molecule has 2 rings (SSSR count). The van der Waals surface area contributed by atoms with E-state index in [0.717, 1.165) is 22.9 Å². The van der Waals surface area contributed by atoms with Gasteiger partial charge in [-0.2, -0.15) is 0 Å². The summed E-state index contributed by atoms with van der Waals surface area (Å²) in [5.74, 6) is 0. The third-order valence-electron chi connectivity index (χ3n) is 2.28. The maximum Gasteiger partial charge on any atom is 0.152 e. The van der Waals surface area contributed by atoms with Gasteiger partial charge in [0, 0.05) is 22.8 Å². The molecule has 0 radical (unpaired) electrons. The highest BCUT2D eigenvalue weighted by atomic mass is 16.1. The molecule has 0 bridgehead atoms. The summed E-state index contributed by atoms with van der Waals surface area (Å²) >= 11 is 0. The highest BCUT2D eigenvalue weighted by molar-refractivity contribution is 5.98. The number of aldehydes is 1. The van der Waals surface area contributed by atoms with Crippen LogP contribution in [-0.4, -0.2) is 10.9 Å². The fraction of sp³-hybridized carbons (Fsp3) is 0.0833. The van der Waals surface area contributed by atoms with E-state index < -0.39 is 0 Å². The number of carbonyl (C=O) groups excluding carboxylic acids is 1. The molecule has 0 spiro atoms. The van der Waals surface area contributed by atoms with Gasteiger partial charge in [0.15, 0.2) is 6.29 Å². The second-order valence-electron chi connectivity index (χ2n) is 3.32. The fourth-order valence-corrected chi connectivity index (χ4v) is 1.62. The first-order valence-corrected chi connectivity index (χ1v) is 4.45. The van der Waals surface area contributed by atoms with Gasteiger partial charge in [0.25, 0.3) is 0 Å². The van der Waals surface area contributed by atoms with Crippen molar-refractivity contribution in [2.45, 2.75) is 6.92 Å². The SMILES string of the molecule is C=C(C)n1cc(C=O)c2ccccc21. The monoisotopic (exact) mass is 185 g/mol. The van der Waals surface area contributed by atoms with E-state index in [-0.39, 0.29) is 0 Å². The van der Waals surface area contributed by atoms with E-state index in [1.165, 1.54) is 0 Å². The number of hydrogen-bond donors (Lipinski definition) is 0. The Hall–Kier alpha value is -1.83.